The monoisotopic (exact) mass is 320 g/mol. The molecular formula is C12H8BrF3O2. The molecule has 18 heavy (non-hydrogen) atoms. The van der Waals surface area contributed by atoms with E-state index in [-0.39, 0.29) is 16.8 Å². The van der Waals surface area contributed by atoms with Gasteiger partial charge in [0.05, 0.1) is 5.56 Å². The highest BCUT2D eigenvalue weighted by Crippen LogP contribution is 2.37. The van der Waals surface area contributed by atoms with Gasteiger partial charge in [0, 0.05) is 10.0 Å². The Labute approximate surface area is 109 Å². The number of hydrogen-bond acceptors (Lipinski definition) is 2. The summed E-state index contributed by atoms with van der Waals surface area (Å²) < 4.78 is 43.3. The highest BCUT2D eigenvalue weighted by atomic mass is 79.9. The van der Waals surface area contributed by atoms with Crippen molar-refractivity contribution in [3.63, 3.8) is 0 Å². The zero-order valence-corrected chi connectivity index (χ0v) is 10.5. The quantitative estimate of drug-likeness (QED) is 0.898. The highest BCUT2D eigenvalue weighted by molar-refractivity contribution is 9.10. The van der Waals surface area contributed by atoms with E-state index in [2.05, 4.69) is 15.9 Å². The third-order valence-corrected chi connectivity index (χ3v) is 3.07. The molecule has 0 aliphatic rings. The Morgan fingerprint density at radius 3 is 2.44 bits per heavy atom. The molecule has 2 nitrogen and oxygen atoms in total. The lowest BCUT2D eigenvalue weighted by molar-refractivity contribution is -0.138. The van der Waals surface area contributed by atoms with Crippen LogP contribution in [0.1, 0.15) is 11.3 Å². The number of alkyl halides is 3. The van der Waals surface area contributed by atoms with Gasteiger partial charge < -0.3 is 9.52 Å². The standard InChI is InChI=1S/C12H8BrF3O2/c13-10-3-1-7(5-9(10)12(14,15)16)11-4-2-8(6-17)18-11/h1-5,17H,6H2. The van der Waals surface area contributed by atoms with E-state index in [9.17, 15) is 13.2 Å². The SMILES string of the molecule is OCc1ccc(-c2ccc(Br)c(C(F)(F)F)c2)o1. The molecule has 0 unspecified atom stereocenters. The lowest BCUT2D eigenvalue weighted by atomic mass is 10.1. The van der Waals surface area contributed by atoms with Gasteiger partial charge in [0.25, 0.3) is 0 Å². The summed E-state index contributed by atoms with van der Waals surface area (Å²) in [7, 11) is 0. The van der Waals surface area contributed by atoms with Gasteiger partial charge in [0.1, 0.15) is 18.1 Å². The van der Waals surface area contributed by atoms with E-state index in [1.54, 1.807) is 0 Å². The maximum absolute atomic E-state index is 12.7. The largest absolute Gasteiger partial charge is 0.459 e. The van der Waals surface area contributed by atoms with Crippen LogP contribution >= 0.6 is 15.9 Å². The summed E-state index contributed by atoms with van der Waals surface area (Å²) in [5.41, 5.74) is -0.452. The molecule has 0 atom stereocenters. The smallest absolute Gasteiger partial charge is 0.417 e. The number of hydrogen-bond donors (Lipinski definition) is 1. The fourth-order valence-corrected chi connectivity index (χ4v) is 1.99. The van der Waals surface area contributed by atoms with Crippen molar-refractivity contribution in [3.05, 3.63) is 46.1 Å². The van der Waals surface area contributed by atoms with Crippen LogP contribution in [-0.2, 0) is 12.8 Å². The van der Waals surface area contributed by atoms with Gasteiger partial charge in [-0.15, -0.1) is 0 Å². The number of aliphatic hydroxyl groups is 1. The van der Waals surface area contributed by atoms with Crippen LogP contribution in [0.3, 0.4) is 0 Å². The van der Waals surface area contributed by atoms with Gasteiger partial charge in [-0.3, -0.25) is 0 Å². The predicted molar refractivity (Wildman–Crippen MR) is 62.8 cm³/mol. The van der Waals surface area contributed by atoms with Gasteiger partial charge in [-0.05, 0) is 24.3 Å². The Balaban J connectivity index is 2.47. The van der Waals surface area contributed by atoms with Crippen LogP contribution in [0.25, 0.3) is 11.3 Å². The van der Waals surface area contributed by atoms with E-state index < -0.39 is 11.7 Å². The zero-order chi connectivity index (χ0) is 13.3. The van der Waals surface area contributed by atoms with Crippen LogP contribution in [0.2, 0.25) is 0 Å². The van der Waals surface area contributed by atoms with E-state index >= 15 is 0 Å². The molecule has 1 aromatic heterocycles. The van der Waals surface area contributed by atoms with Crippen LogP contribution in [0.4, 0.5) is 13.2 Å². The molecule has 0 aliphatic carbocycles. The molecule has 0 amide bonds. The van der Waals surface area contributed by atoms with Crippen molar-refractivity contribution in [1.29, 1.82) is 0 Å². The molecule has 1 aromatic carbocycles. The van der Waals surface area contributed by atoms with Gasteiger partial charge in [0.2, 0.25) is 0 Å². The molecule has 0 spiro atoms. The number of halogens is 4. The zero-order valence-electron chi connectivity index (χ0n) is 8.96. The average molecular weight is 321 g/mol. The first-order chi connectivity index (χ1) is 8.41. The van der Waals surface area contributed by atoms with Crippen LogP contribution in [0, 0.1) is 0 Å². The van der Waals surface area contributed by atoms with Crippen LogP contribution in [-0.4, -0.2) is 5.11 Å². The van der Waals surface area contributed by atoms with Crippen LogP contribution in [0.5, 0.6) is 0 Å². The van der Waals surface area contributed by atoms with Crippen LogP contribution in [0.15, 0.2) is 39.2 Å². The normalized spacial score (nSPS) is 11.8. The first-order valence-corrected chi connectivity index (χ1v) is 5.78. The second kappa shape index (κ2) is 4.78. The number of furan rings is 1. The summed E-state index contributed by atoms with van der Waals surface area (Å²) in [6.07, 6.45) is -4.43. The Morgan fingerprint density at radius 1 is 1.17 bits per heavy atom. The van der Waals surface area contributed by atoms with Crippen molar-refractivity contribution in [2.75, 3.05) is 0 Å². The van der Waals surface area contributed by atoms with Gasteiger partial charge in [-0.25, -0.2) is 0 Å². The van der Waals surface area contributed by atoms with Crippen molar-refractivity contribution in [3.8, 4) is 11.3 Å². The van der Waals surface area contributed by atoms with Gasteiger partial charge >= 0.3 is 6.18 Å². The maximum Gasteiger partial charge on any atom is 0.417 e. The number of benzene rings is 1. The van der Waals surface area contributed by atoms with Crippen molar-refractivity contribution < 1.29 is 22.7 Å². The Kier molecular flexibility index (Phi) is 3.49. The minimum absolute atomic E-state index is 0.0207. The Hall–Kier alpha value is -1.27. The summed E-state index contributed by atoms with van der Waals surface area (Å²) in [6.45, 7) is -0.289. The predicted octanol–water partition coefficient (Wildman–Crippen LogP) is 4.22. The maximum atomic E-state index is 12.7. The molecular weight excluding hydrogens is 313 g/mol. The van der Waals surface area contributed by atoms with Crippen molar-refractivity contribution >= 4 is 15.9 Å². The van der Waals surface area contributed by atoms with E-state index in [4.69, 9.17) is 9.52 Å². The summed E-state index contributed by atoms with van der Waals surface area (Å²) in [4.78, 5) is 0. The molecule has 1 heterocycles. The second-order valence-electron chi connectivity index (χ2n) is 3.62. The Bertz CT molecular complexity index is 561. The van der Waals surface area contributed by atoms with Gasteiger partial charge in [-0.2, -0.15) is 13.2 Å². The highest BCUT2D eigenvalue weighted by Gasteiger charge is 2.33. The fraction of sp³-hybridized carbons (Fsp3) is 0.167. The second-order valence-corrected chi connectivity index (χ2v) is 4.47. The van der Waals surface area contributed by atoms with Crippen molar-refractivity contribution in [1.82, 2.24) is 0 Å². The molecule has 2 aromatic rings. The molecule has 0 fully saturated rings. The lowest BCUT2D eigenvalue weighted by Gasteiger charge is -2.10. The minimum atomic E-state index is -4.43. The molecule has 0 saturated carbocycles. The summed E-state index contributed by atoms with van der Waals surface area (Å²) in [6, 6.07) is 6.88. The third kappa shape index (κ3) is 2.59. The van der Waals surface area contributed by atoms with E-state index in [0.717, 1.165) is 6.07 Å². The summed E-state index contributed by atoms with van der Waals surface area (Å²) in [5.74, 6) is 0.596. The molecule has 0 radical (unpaired) electrons. The minimum Gasteiger partial charge on any atom is -0.459 e. The molecule has 1 N–H and O–H groups in total. The van der Waals surface area contributed by atoms with Crippen molar-refractivity contribution in [2.24, 2.45) is 0 Å². The van der Waals surface area contributed by atoms with Gasteiger partial charge in [-0.1, -0.05) is 22.0 Å². The van der Waals surface area contributed by atoms with Crippen molar-refractivity contribution in [2.45, 2.75) is 12.8 Å². The molecule has 0 saturated heterocycles. The van der Waals surface area contributed by atoms with Crippen LogP contribution < -0.4 is 0 Å². The molecule has 0 aliphatic heterocycles. The Morgan fingerprint density at radius 2 is 1.89 bits per heavy atom. The first-order valence-electron chi connectivity index (χ1n) is 4.98. The molecule has 6 heteroatoms. The summed E-state index contributed by atoms with van der Waals surface area (Å²) >= 11 is 2.87. The van der Waals surface area contributed by atoms with Gasteiger partial charge in [0.15, 0.2) is 0 Å². The third-order valence-electron chi connectivity index (χ3n) is 2.37. The molecule has 2 rings (SSSR count). The lowest BCUT2D eigenvalue weighted by Crippen LogP contribution is -2.05. The first kappa shape index (κ1) is 13.2. The van der Waals surface area contributed by atoms with E-state index in [1.807, 2.05) is 0 Å². The molecule has 96 valence electrons. The van der Waals surface area contributed by atoms with E-state index in [0.29, 0.717) is 11.3 Å². The van der Waals surface area contributed by atoms with E-state index in [1.165, 1.54) is 24.3 Å². The molecule has 0 bridgehead atoms. The average Bonchev–Trinajstić information content (AvgIpc) is 2.76. The fourth-order valence-electron chi connectivity index (χ4n) is 1.51. The number of aliphatic hydroxyl groups excluding tert-OH is 1. The topological polar surface area (TPSA) is 33.4 Å². The summed E-state index contributed by atoms with van der Waals surface area (Å²) in [5, 5.41) is 8.84. The number of rotatable bonds is 2.